The Morgan fingerprint density at radius 1 is 1.40 bits per heavy atom. The molecule has 88 valence electrons. The van der Waals surface area contributed by atoms with Crippen LogP contribution in [0.25, 0.3) is 0 Å². The van der Waals surface area contributed by atoms with E-state index >= 15 is 0 Å². The van der Waals surface area contributed by atoms with E-state index in [0.29, 0.717) is 19.1 Å². The van der Waals surface area contributed by atoms with Crippen molar-refractivity contribution in [2.75, 3.05) is 26.3 Å². The van der Waals surface area contributed by atoms with Gasteiger partial charge in [0.2, 0.25) is 5.91 Å². The van der Waals surface area contributed by atoms with Crippen molar-refractivity contribution in [3.63, 3.8) is 0 Å². The highest BCUT2D eigenvalue weighted by Crippen LogP contribution is 2.07. The maximum atomic E-state index is 11.9. The standard InChI is InChI=1S/C11H22N2O2/c1-9(2)8-10(12)11(14)13-4-3-6-15-7-5-13/h9-10H,3-8,12H2,1-2H3. The fraction of sp³-hybridized carbons (Fsp3) is 0.909. The Morgan fingerprint density at radius 2 is 2.13 bits per heavy atom. The van der Waals surface area contributed by atoms with E-state index in [2.05, 4.69) is 13.8 Å². The zero-order chi connectivity index (χ0) is 11.3. The summed E-state index contributed by atoms with van der Waals surface area (Å²) >= 11 is 0. The molecule has 0 aromatic rings. The Kier molecular flexibility index (Phi) is 5.05. The first-order chi connectivity index (χ1) is 7.11. The zero-order valence-electron chi connectivity index (χ0n) is 9.74. The molecule has 1 saturated heterocycles. The smallest absolute Gasteiger partial charge is 0.239 e. The van der Waals surface area contributed by atoms with Gasteiger partial charge in [0.1, 0.15) is 0 Å². The van der Waals surface area contributed by atoms with Gasteiger partial charge >= 0.3 is 0 Å². The number of ether oxygens (including phenoxy) is 1. The van der Waals surface area contributed by atoms with Crippen molar-refractivity contribution in [2.24, 2.45) is 11.7 Å². The summed E-state index contributed by atoms with van der Waals surface area (Å²) in [5, 5.41) is 0. The molecule has 1 rings (SSSR count). The predicted octanol–water partition coefficient (Wildman–Crippen LogP) is 0.609. The first-order valence-electron chi connectivity index (χ1n) is 5.73. The second-order valence-electron chi connectivity index (χ2n) is 4.53. The van der Waals surface area contributed by atoms with Gasteiger partial charge in [0.25, 0.3) is 0 Å². The van der Waals surface area contributed by atoms with Crippen molar-refractivity contribution in [3.8, 4) is 0 Å². The Balaban J connectivity index is 2.42. The molecule has 0 aromatic heterocycles. The summed E-state index contributed by atoms with van der Waals surface area (Å²) < 4.78 is 5.30. The summed E-state index contributed by atoms with van der Waals surface area (Å²) in [6.45, 7) is 7.02. The molecule has 2 N–H and O–H groups in total. The number of hydrogen-bond donors (Lipinski definition) is 1. The zero-order valence-corrected chi connectivity index (χ0v) is 9.74. The maximum absolute atomic E-state index is 11.9. The third-order valence-corrected chi connectivity index (χ3v) is 2.58. The minimum Gasteiger partial charge on any atom is -0.380 e. The van der Waals surface area contributed by atoms with Gasteiger partial charge < -0.3 is 15.4 Å². The molecule has 0 aromatic carbocycles. The lowest BCUT2D eigenvalue weighted by Crippen LogP contribution is -2.45. The molecule has 4 nitrogen and oxygen atoms in total. The van der Waals surface area contributed by atoms with E-state index in [0.717, 1.165) is 26.0 Å². The lowest BCUT2D eigenvalue weighted by atomic mass is 10.0. The number of amides is 1. The van der Waals surface area contributed by atoms with E-state index in [1.54, 1.807) is 0 Å². The molecule has 0 aliphatic carbocycles. The highest BCUT2D eigenvalue weighted by Gasteiger charge is 2.22. The van der Waals surface area contributed by atoms with Gasteiger partial charge in [-0.05, 0) is 18.8 Å². The van der Waals surface area contributed by atoms with Crippen LogP contribution in [0.15, 0.2) is 0 Å². The summed E-state index contributed by atoms with van der Waals surface area (Å²) in [5.41, 5.74) is 5.87. The van der Waals surface area contributed by atoms with Gasteiger partial charge in [-0.15, -0.1) is 0 Å². The third-order valence-electron chi connectivity index (χ3n) is 2.58. The van der Waals surface area contributed by atoms with Gasteiger partial charge in [0.15, 0.2) is 0 Å². The van der Waals surface area contributed by atoms with Crippen molar-refractivity contribution in [1.29, 1.82) is 0 Å². The average molecular weight is 214 g/mol. The second-order valence-corrected chi connectivity index (χ2v) is 4.53. The molecule has 4 heteroatoms. The normalized spacial score (nSPS) is 20.1. The molecule has 1 unspecified atom stereocenters. The van der Waals surface area contributed by atoms with E-state index in [1.165, 1.54) is 0 Å². The highest BCUT2D eigenvalue weighted by molar-refractivity contribution is 5.81. The topological polar surface area (TPSA) is 55.6 Å². The van der Waals surface area contributed by atoms with Gasteiger partial charge in [0.05, 0.1) is 12.6 Å². The molecule has 1 amide bonds. The van der Waals surface area contributed by atoms with Crippen LogP contribution in [0.4, 0.5) is 0 Å². The Labute approximate surface area is 91.8 Å². The average Bonchev–Trinajstić information content (AvgIpc) is 2.43. The molecule has 0 spiro atoms. The van der Waals surface area contributed by atoms with Crippen LogP contribution >= 0.6 is 0 Å². The number of hydrogen-bond acceptors (Lipinski definition) is 3. The van der Waals surface area contributed by atoms with Crippen LogP contribution in [0.1, 0.15) is 26.7 Å². The van der Waals surface area contributed by atoms with Crippen molar-refractivity contribution in [2.45, 2.75) is 32.7 Å². The first kappa shape index (κ1) is 12.5. The van der Waals surface area contributed by atoms with E-state index in [1.807, 2.05) is 4.90 Å². The lowest BCUT2D eigenvalue weighted by Gasteiger charge is -2.24. The monoisotopic (exact) mass is 214 g/mol. The molecule has 1 aliphatic heterocycles. The van der Waals surface area contributed by atoms with E-state index in [4.69, 9.17) is 10.5 Å². The number of rotatable bonds is 3. The SMILES string of the molecule is CC(C)CC(N)C(=O)N1CCCOCC1. The van der Waals surface area contributed by atoms with Crippen LogP contribution < -0.4 is 5.73 Å². The van der Waals surface area contributed by atoms with Gasteiger partial charge in [-0.1, -0.05) is 13.8 Å². The van der Waals surface area contributed by atoms with Crippen molar-refractivity contribution < 1.29 is 9.53 Å². The molecule has 1 atom stereocenters. The fourth-order valence-electron chi connectivity index (χ4n) is 1.81. The van der Waals surface area contributed by atoms with Gasteiger partial charge in [0, 0.05) is 19.7 Å². The fourth-order valence-corrected chi connectivity index (χ4v) is 1.81. The van der Waals surface area contributed by atoms with Crippen molar-refractivity contribution in [1.82, 2.24) is 4.90 Å². The van der Waals surface area contributed by atoms with Crippen LogP contribution in [-0.4, -0.2) is 43.2 Å². The van der Waals surface area contributed by atoms with Crippen molar-refractivity contribution in [3.05, 3.63) is 0 Å². The Bertz CT molecular complexity index is 199. The van der Waals surface area contributed by atoms with Crippen LogP contribution in [0, 0.1) is 5.92 Å². The van der Waals surface area contributed by atoms with E-state index in [9.17, 15) is 4.79 Å². The van der Waals surface area contributed by atoms with Gasteiger partial charge in [-0.2, -0.15) is 0 Å². The lowest BCUT2D eigenvalue weighted by molar-refractivity contribution is -0.133. The maximum Gasteiger partial charge on any atom is 0.239 e. The quantitative estimate of drug-likeness (QED) is 0.749. The third kappa shape index (κ3) is 4.18. The van der Waals surface area contributed by atoms with Gasteiger partial charge in [-0.3, -0.25) is 4.79 Å². The molecule has 0 radical (unpaired) electrons. The molecule has 1 heterocycles. The minimum atomic E-state index is -0.344. The van der Waals surface area contributed by atoms with Crippen LogP contribution in [0.2, 0.25) is 0 Å². The number of nitrogens with zero attached hydrogens (tertiary/aromatic N) is 1. The second kappa shape index (κ2) is 6.08. The Morgan fingerprint density at radius 3 is 2.80 bits per heavy atom. The van der Waals surface area contributed by atoms with Gasteiger partial charge in [-0.25, -0.2) is 0 Å². The molecule has 1 fully saturated rings. The summed E-state index contributed by atoms with van der Waals surface area (Å²) in [6, 6.07) is -0.344. The van der Waals surface area contributed by atoms with E-state index in [-0.39, 0.29) is 11.9 Å². The number of carbonyl (C=O) groups excluding carboxylic acids is 1. The first-order valence-corrected chi connectivity index (χ1v) is 5.73. The number of nitrogens with two attached hydrogens (primary N) is 1. The highest BCUT2D eigenvalue weighted by atomic mass is 16.5. The largest absolute Gasteiger partial charge is 0.380 e. The molecule has 0 saturated carbocycles. The molecular weight excluding hydrogens is 192 g/mol. The van der Waals surface area contributed by atoms with E-state index < -0.39 is 0 Å². The van der Waals surface area contributed by atoms with Crippen LogP contribution in [-0.2, 0) is 9.53 Å². The molecule has 1 aliphatic rings. The predicted molar refractivity (Wildman–Crippen MR) is 59.4 cm³/mol. The van der Waals surface area contributed by atoms with Crippen LogP contribution in [0.3, 0.4) is 0 Å². The summed E-state index contributed by atoms with van der Waals surface area (Å²) in [4.78, 5) is 13.8. The minimum absolute atomic E-state index is 0.0780. The van der Waals surface area contributed by atoms with Crippen LogP contribution in [0.5, 0.6) is 0 Å². The molecule has 15 heavy (non-hydrogen) atoms. The Hall–Kier alpha value is -0.610. The summed E-state index contributed by atoms with van der Waals surface area (Å²) in [7, 11) is 0. The number of carbonyl (C=O) groups is 1. The summed E-state index contributed by atoms with van der Waals surface area (Å²) in [5.74, 6) is 0.543. The molecular formula is C11H22N2O2. The summed E-state index contributed by atoms with van der Waals surface area (Å²) in [6.07, 6.45) is 1.68. The van der Waals surface area contributed by atoms with Crippen molar-refractivity contribution >= 4 is 5.91 Å². The molecule has 0 bridgehead atoms.